The van der Waals surface area contributed by atoms with Gasteiger partial charge in [-0.25, -0.2) is 9.36 Å². The molecule has 10 nitrogen and oxygen atoms in total. The lowest BCUT2D eigenvalue weighted by molar-refractivity contribution is -0.0451. The van der Waals surface area contributed by atoms with E-state index in [1.807, 2.05) is 4.98 Å². The molecule has 0 amide bonds. The summed E-state index contributed by atoms with van der Waals surface area (Å²) in [6, 6.07) is 0. The van der Waals surface area contributed by atoms with Crippen LogP contribution in [-0.4, -0.2) is 43.3 Å². The molecule has 1 aromatic heterocycles. The number of nitrogens with zero attached hydrogens (tertiary/aromatic N) is 1. The Morgan fingerprint density at radius 1 is 1.55 bits per heavy atom. The maximum atomic E-state index is 11.7. The van der Waals surface area contributed by atoms with Crippen LogP contribution in [0, 0.1) is 12.3 Å². The highest BCUT2D eigenvalue weighted by atomic mass is 31.2. The average Bonchev–Trinajstić information content (AvgIpc) is 2.77. The molecule has 0 saturated carbocycles. The van der Waals surface area contributed by atoms with Crippen molar-refractivity contribution in [3.05, 3.63) is 32.6 Å². The molecule has 0 radical (unpaired) electrons. The fraction of sp³-hybridized carbons (Fsp3) is 0.455. The molecule has 0 unspecified atom stereocenters. The maximum absolute atomic E-state index is 11.7. The Morgan fingerprint density at radius 2 is 2.23 bits per heavy atom. The monoisotopic (exact) mass is 332 g/mol. The van der Waals surface area contributed by atoms with Crippen molar-refractivity contribution >= 4 is 7.82 Å². The van der Waals surface area contributed by atoms with E-state index in [9.17, 15) is 19.3 Å². The number of phosphoric acid groups is 1. The summed E-state index contributed by atoms with van der Waals surface area (Å²) in [5, 5.41) is 9.80. The second-order valence-corrected chi connectivity index (χ2v) is 5.81. The van der Waals surface area contributed by atoms with Crippen molar-refractivity contribution < 1.29 is 28.7 Å². The molecule has 0 aromatic carbocycles. The van der Waals surface area contributed by atoms with E-state index in [-0.39, 0.29) is 12.0 Å². The molecule has 0 bridgehead atoms. The van der Waals surface area contributed by atoms with Crippen molar-refractivity contribution in [2.24, 2.45) is 0 Å². The molecule has 0 aliphatic carbocycles. The van der Waals surface area contributed by atoms with Gasteiger partial charge in [-0.1, -0.05) is 5.92 Å². The predicted octanol–water partition coefficient (Wildman–Crippen LogP) is -1.72. The summed E-state index contributed by atoms with van der Waals surface area (Å²) in [5.74, 6) is 2.10. The van der Waals surface area contributed by atoms with E-state index in [4.69, 9.17) is 20.9 Å². The third-order valence-corrected chi connectivity index (χ3v) is 3.53. The topological polar surface area (TPSA) is 151 Å². The number of aromatic nitrogens is 2. The molecule has 2 rings (SSSR count). The summed E-state index contributed by atoms with van der Waals surface area (Å²) in [6.45, 7) is -0.554. The summed E-state index contributed by atoms with van der Waals surface area (Å²) in [7, 11) is -4.70. The van der Waals surface area contributed by atoms with Crippen LogP contribution in [0.25, 0.3) is 0 Å². The minimum absolute atomic E-state index is 0.0366. The fourth-order valence-corrected chi connectivity index (χ4v) is 2.35. The molecule has 1 saturated heterocycles. The van der Waals surface area contributed by atoms with Crippen LogP contribution in [0.4, 0.5) is 0 Å². The first kappa shape index (κ1) is 16.6. The fourth-order valence-electron chi connectivity index (χ4n) is 2.01. The number of hydrogen-bond acceptors (Lipinski definition) is 6. The van der Waals surface area contributed by atoms with Crippen LogP contribution in [0.1, 0.15) is 18.2 Å². The first-order chi connectivity index (χ1) is 10.2. The molecule has 1 fully saturated rings. The van der Waals surface area contributed by atoms with Gasteiger partial charge in [0.2, 0.25) is 0 Å². The summed E-state index contributed by atoms with van der Waals surface area (Å²) in [5.41, 5.74) is -1.59. The molecule has 2 heterocycles. The van der Waals surface area contributed by atoms with Gasteiger partial charge < -0.3 is 19.6 Å². The van der Waals surface area contributed by atoms with E-state index in [1.54, 1.807) is 0 Å². The van der Waals surface area contributed by atoms with Gasteiger partial charge in [-0.15, -0.1) is 6.42 Å². The van der Waals surface area contributed by atoms with E-state index < -0.39 is 44.1 Å². The maximum Gasteiger partial charge on any atom is 0.469 e. The number of aliphatic hydroxyl groups excluding tert-OH is 1. The lowest BCUT2D eigenvalue weighted by atomic mass is 10.2. The van der Waals surface area contributed by atoms with Crippen molar-refractivity contribution in [1.29, 1.82) is 0 Å². The predicted molar refractivity (Wildman–Crippen MR) is 71.8 cm³/mol. The molecule has 3 atom stereocenters. The summed E-state index contributed by atoms with van der Waals surface area (Å²) < 4.78 is 21.2. The van der Waals surface area contributed by atoms with Gasteiger partial charge in [0.1, 0.15) is 17.9 Å². The van der Waals surface area contributed by atoms with Crippen LogP contribution >= 0.6 is 7.82 Å². The number of phosphoric ester groups is 1. The Bertz CT molecular complexity index is 757. The van der Waals surface area contributed by atoms with E-state index in [0.29, 0.717) is 0 Å². The standard InChI is InChI=1S/C11H13N2O8P/c1-2-6-4-13(11(16)12-10(6)15)9-3-7(14)8(21-9)5-20-22(17,18)19/h1,4,7-9,14H,3,5H2,(H,12,15,16)(H2,17,18,19)/t7-,8-,9-/m1/s1. The molecular weight excluding hydrogens is 319 g/mol. The average molecular weight is 332 g/mol. The lowest BCUT2D eigenvalue weighted by Gasteiger charge is -2.16. The Kier molecular flexibility index (Phi) is 4.67. The smallest absolute Gasteiger partial charge is 0.390 e. The Morgan fingerprint density at radius 3 is 2.82 bits per heavy atom. The molecule has 1 aliphatic rings. The van der Waals surface area contributed by atoms with Crippen LogP contribution in [0.5, 0.6) is 0 Å². The first-order valence-corrected chi connectivity index (χ1v) is 7.60. The van der Waals surface area contributed by atoms with Crippen molar-refractivity contribution in [2.45, 2.75) is 24.9 Å². The van der Waals surface area contributed by atoms with Gasteiger partial charge in [0, 0.05) is 12.6 Å². The van der Waals surface area contributed by atoms with E-state index in [0.717, 1.165) is 10.8 Å². The highest BCUT2D eigenvalue weighted by Gasteiger charge is 2.37. The minimum Gasteiger partial charge on any atom is -0.390 e. The van der Waals surface area contributed by atoms with Gasteiger partial charge >= 0.3 is 13.5 Å². The molecule has 4 N–H and O–H groups in total. The zero-order chi connectivity index (χ0) is 16.5. The molecular formula is C11H13N2O8P. The number of aromatic amines is 1. The van der Waals surface area contributed by atoms with Gasteiger partial charge in [0.15, 0.2) is 0 Å². The summed E-state index contributed by atoms with van der Waals surface area (Å²) >= 11 is 0. The Labute approximate surface area is 123 Å². The summed E-state index contributed by atoms with van der Waals surface area (Å²) in [6.07, 6.45) is 3.13. The molecule has 1 aromatic rings. The third-order valence-electron chi connectivity index (χ3n) is 3.04. The van der Waals surface area contributed by atoms with Gasteiger partial charge in [-0.3, -0.25) is 18.9 Å². The van der Waals surface area contributed by atoms with Crippen LogP contribution in [-0.2, 0) is 13.8 Å². The number of rotatable bonds is 4. The highest BCUT2D eigenvalue weighted by molar-refractivity contribution is 7.46. The quantitative estimate of drug-likeness (QED) is 0.375. The van der Waals surface area contributed by atoms with Crippen molar-refractivity contribution in [3.8, 4) is 12.3 Å². The normalized spacial score (nSPS) is 25.1. The second kappa shape index (κ2) is 6.18. The molecule has 0 spiro atoms. The first-order valence-electron chi connectivity index (χ1n) is 6.07. The zero-order valence-electron chi connectivity index (χ0n) is 11.1. The number of H-pyrrole nitrogens is 1. The Hall–Kier alpha value is -1.73. The number of hydrogen-bond donors (Lipinski definition) is 4. The number of aliphatic hydroxyl groups is 1. The van der Waals surface area contributed by atoms with Crippen molar-refractivity contribution in [2.75, 3.05) is 6.61 Å². The molecule has 120 valence electrons. The minimum atomic E-state index is -4.70. The highest BCUT2D eigenvalue weighted by Crippen LogP contribution is 2.38. The largest absolute Gasteiger partial charge is 0.469 e. The van der Waals surface area contributed by atoms with E-state index >= 15 is 0 Å². The SMILES string of the molecule is C#Cc1cn([C@H]2C[C@@H](O)[C@@H](COP(=O)(O)O)O2)c(=O)[nH]c1=O. The summed E-state index contributed by atoms with van der Waals surface area (Å²) in [4.78, 5) is 42.4. The number of ether oxygens (including phenoxy) is 1. The van der Waals surface area contributed by atoms with Gasteiger partial charge in [0.25, 0.3) is 5.56 Å². The van der Waals surface area contributed by atoms with Crippen LogP contribution < -0.4 is 11.2 Å². The van der Waals surface area contributed by atoms with Crippen LogP contribution in [0.2, 0.25) is 0 Å². The second-order valence-electron chi connectivity index (χ2n) is 4.57. The Balaban J connectivity index is 2.19. The zero-order valence-corrected chi connectivity index (χ0v) is 12.0. The van der Waals surface area contributed by atoms with E-state index in [1.165, 1.54) is 0 Å². The van der Waals surface area contributed by atoms with Crippen LogP contribution in [0.15, 0.2) is 15.8 Å². The molecule has 11 heteroatoms. The van der Waals surface area contributed by atoms with Gasteiger partial charge in [0.05, 0.1) is 12.7 Å². The number of nitrogens with one attached hydrogen (secondary N) is 1. The molecule has 1 aliphatic heterocycles. The molecule has 22 heavy (non-hydrogen) atoms. The van der Waals surface area contributed by atoms with Crippen LogP contribution in [0.3, 0.4) is 0 Å². The van der Waals surface area contributed by atoms with Gasteiger partial charge in [-0.05, 0) is 0 Å². The van der Waals surface area contributed by atoms with E-state index in [2.05, 4.69) is 10.4 Å². The number of terminal acetylenes is 1. The lowest BCUT2D eigenvalue weighted by Crippen LogP contribution is -2.33. The van der Waals surface area contributed by atoms with Gasteiger partial charge in [-0.2, -0.15) is 0 Å². The third kappa shape index (κ3) is 3.72. The van der Waals surface area contributed by atoms with Crippen molar-refractivity contribution in [1.82, 2.24) is 9.55 Å². The van der Waals surface area contributed by atoms with Crippen molar-refractivity contribution in [3.63, 3.8) is 0 Å².